The Morgan fingerprint density at radius 1 is 0.857 bits per heavy atom. The monoisotopic (exact) mass is 790 g/mol. The van der Waals surface area contributed by atoms with E-state index in [1.807, 2.05) is 13.8 Å². The van der Waals surface area contributed by atoms with Crippen LogP contribution in [0.25, 0.3) is 0 Å². The maximum atomic E-state index is 14.1. The first-order valence-corrected chi connectivity index (χ1v) is 19.0. The zero-order valence-electron chi connectivity index (χ0n) is 32.2. The molecule has 14 nitrogen and oxygen atoms in total. The lowest BCUT2D eigenvalue weighted by Crippen LogP contribution is -2.60. The van der Waals surface area contributed by atoms with Crippen LogP contribution in [0.5, 0.6) is 0 Å². The van der Waals surface area contributed by atoms with Gasteiger partial charge in [0.2, 0.25) is 17.7 Å². The molecule has 0 aliphatic carbocycles. The van der Waals surface area contributed by atoms with Gasteiger partial charge in [-0.05, 0) is 62.1 Å². The Balaban J connectivity index is 1.82. The Morgan fingerprint density at radius 3 is 1.98 bits per heavy atom. The molecule has 3 rings (SSSR count). The number of halogens is 3. The zero-order chi connectivity index (χ0) is 41.3. The van der Waals surface area contributed by atoms with Crippen LogP contribution in [0.3, 0.4) is 0 Å². The lowest BCUT2D eigenvalue weighted by atomic mass is 9.88. The fraction of sp³-hybridized carbons (Fsp3) is 0.564. The van der Waals surface area contributed by atoms with Crippen molar-refractivity contribution in [3.8, 4) is 0 Å². The summed E-state index contributed by atoms with van der Waals surface area (Å²) in [4.78, 5) is 70.1. The number of likely N-dealkylation sites (tertiary alicyclic amines) is 1. The van der Waals surface area contributed by atoms with Gasteiger partial charge >= 0.3 is 18.2 Å². The van der Waals surface area contributed by atoms with Crippen LogP contribution in [0, 0.1) is 5.92 Å². The second-order valence-electron chi connectivity index (χ2n) is 14.7. The third-order valence-electron chi connectivity index (χ3n) is 9.58. The molecule has 1 aliphatic rings. The van der Waals surface area contributed by atoms with Crippen molar-refractivity contribution >= 4 is 29.7 Å². The number of nitrogens with one attached hydrogen (secondary N) is 4. The Bertz CT molecular complexity index is 1560. The number of aliphatic carboxylic acids is 1. The van der Waals surface area contributed by atoms with Gasteiger partial charge in [0.25, 0.3) is 0 Å². The molecule has 1 aliphatic heterocycles. The van der Waals surface area contributed by atoms with Crippen molar-refractivity contribution in [1.29, 1.82) is 0 Å². The minimum Gasteiger partial charge on any atom is -0.480 e. The first-order chi connectivity index (χ1) is 26.5. The van der Waals surface area contributed by atoms with Crippen molar-refractivity contribution in [2.24, 2.45) is 17.4 Å². The first-order valence-electron chi connectivity index (χ1n) is 19.0. The average Bonchev–Trinajstić information content (AvgIpc) is 3.15. The number of piperidine rings is 1. The maximum absolute atomic E-state index is 14.1. The van der Waals surface area contributed by atoms with E-state index in [2.05, 4.69) is 21.3 Å². The van der Waals surface area contributed by atoms with E-state index in [9.17, 15) is 42.3 Å². The number of rotatable bonds is 21. The van der Waals surface area contributed by atoms with Gasteiger partial charge in [-0.3, -0.25) is 19.2 Å². The molecule has 0 aromatic heterocycles. The predicted molar refractivity (Wildman–Crippen MR) is 205 cm³/mol. The molecule has 5 amide bonds. The third-order valence-corrected chi connectivity index (χ3v) is 9.58. The quantitative estimate of drug-likeness (QED) is 0.0925. The second-order valence-corrected chi connectivity index (χ2v) is 14.7. The summed E-state index contributed by atoms with van der Waals surface area (Å²) in [6, 6.07) is 13.8. The number of hydrogen-bond acceptors (Lipinski definition) is 8. The van der Waals surface area contributed by atoms with Crippen molar-refractivity contribution in [1.82, 2.24) is 31.1 Å². The Morgan fingerprint density at radius 2 is 1.43 bits per heavy atom. The number of carboxylic acid groups (broad SMARTS) is 1. The van der Waals surface area contributed by atoms with Gasteiger partial charge in [-0.25, -0.2) is 4.79 Å². The Labute approximate surface area is 326 Å². The summed E-state index contributed by atoms with van der Waals surface area (Å²) in [7, 11) is 0. The van der Waals surface area contributed by atoms with Crippen LogP contribution < -0.4 is 32.7 Å². The van der Waals surface area contributed by atoms with Gasteiger partial charge in [-0.15, -0.1) is 0 Å². The third kappa shape index (κ3) is 15.4. The number of carbonyl (C=O) groups excluding carboxylic acids is 4. The van der Waals surface area contributed by atoms with Crippen LogP contribution in [0.15, 0.2) is 60.7 Å². The largest absolute Gasteiger partial charge is 0.480 e. The minimum absolute atomic E-state index is 0.0358. The van der Waals surface area contributed by atoms with E-state index in [0.29, 0.717) is 24.9 Å². The van der Waals surface area contributed by atoms with Crippen molar-refractivity contribution in [3.05, 3.63) is 71.8 Å². The zero-order valence-corrected chi connectivity index (χ0v) is 32.2. The maximum Gasteiger partial charge on any atom is 0.401 e. The molecule has 1 heterocycles. The highest BCUT2D eigenvalue weighted by molar-refractivity contribution is 5.94. The summed E-state index contributed by atoms with van der Waals surface area (Å²) in [5.74, 6) is -2.91. The summed E-state index contributed by atoms with van der Waals surface area (Å²) < 4.78 is 38.5. The van der Waals surface area contributed by atoms with Crippen molar-refractivity contribution in [2.45, 2.75) is 95.2 Å². The molecule has 0 saturated carbocycles. The van der Waals surface area contributed by atoms with E-state index in [1.165, 1.54) is 9.80 Å². The summed E-state index contributed by atoms with van der Waals surface area (Å²) in [5.41, 5.74) is 11.7. The van der Waals surface area contributed by atoms with E-state index >= 15 is 0 Å². The lowest BCUT2D eigenvalue weighted by Gasteiger charge is -2.38. The van der Waals surface area contributed by atoms with Crippen LogP contribution in [0.4, 0.5) is 18.0 Å². The average molecular weight is 791 g/mol. The second kappa shape index (κ2) is 22.1. The van der Waals surface area contributed by atoms with Gasteiger partial charge in [-0.2, -0.15) is 13.2 Å². The molecular formula is C39H57F3N8O6. The number of carbonyl (C=O) groups is 5. The van der Waals surface area contributed by atoms with Crippen LogP contribution in [0.2, 0.25) is 0 Å². The van der Waals surface area contributed by atoms with E-state index in [1.54, 1.807) is 60.7 Å². The number of carboxylic acids is 1. The van der Waals surface area contributed by atoms with Gasteiger partial charge < -0.3 is 47.6 Å². The lowest BCUT2D eigenvalue weighted by molar-refractivity contribution is -0.148. The summed E-state index contributed by atoms with van der Waals surface area (Å²) in [5, 5.41) is 20.2. The van der Waals surface area contributed by atoms with Gasteiger partial charge in [0.1, 0.15) is 23.7 Å². The highest BCUT2D eigenvalue weighted by Gasteiger charge is 2.40. The van der Waals surface area contributed by atoms with Crippen LogP contribution in [-0.2, 0) is 32.1 Å². The molecule has 0 bridgehead atoms. The summed E-state index contributed by atoms with van der Waals surface area (Å²) in [6.45, 7) is 2.84. The molecule has 2 aromatic rings. The molecule has 1 fully saturated rings. The molecule has 17 heteroatoms. The summed E-state index contributed by atoms with van der Waals surface area (Å²) >= 11 is 0. The number of hydrogen-bond donors (Lipinski definition) is 7. The van der Waals surface area contributed by atoms with Crippen molar-refractivity contribution in [3.63, 3.8) is 0 Å². The topological polar surface area (TPSA) is 212 Å². The fourth-order valence-electron chi connectivity index (χ4n) is 6.36. The van der Waals surface area contributed by atoms with Gasteiger partial charge in [-0.1, -0.05) is 74.5 Å². The summed E-state index contributed by atoms with van der Waals surface area (Å²) in [6.07, 6.45) is -2.74. The number of nitrogens with zero attached hydrogens (tertiary/aromatic N) is 2. The number of amides is 5. The molecule has 0 unspecified atom stereocenters. The highest BCUT2D eigenvalue weighted by atomic mass is 19.4. The number of benzene rings is 2. The minimum atomic E-state index is -4.44. The van der Waals surface area contributed by atoms with Crippen LogP contribution in [0.1, 0.15) is 63.5 Å². The van der Waals surface area contributed by atoms with Crippen molar-refractivity contribution in [2.75, 3.05) is 39.3 Å². The number of urea groups is 1. The van der Waals surface area contributed by atoms with Crippen LogP contribution in [-0.4, -0.2) is 114 Å². The van der Waals surface area contributed by atoms with E-state index in [4.69, 9.17) is 11.5 Å². The molecule has 3 atom stereocenters. The van der Waals surface area contributed by atoms with Gasteiger partial charge in [0.15, 0.2) is 0 Å². The molecule has 9 N–H and O–H groups in total. The van der Waals surface area contributed by atoms with Crippen molar-refractivity contribution < 1.29 is 42.3 Å². The molecule has 2 aromatic carbocycles. The number of nitrogens with two attached hydrogens (primary N) is 2. The molecule has 56 heavy (non-hydrogen) atoms. The molecule has 1 saturated heterocycles. The number of unbranched alkanes of at least 4 members (excludes halogenated alkanes) is 1. The normalized spacial score (nSPS) is 15.7. The highest BCUT2D eigenvalue weighted by Crippen LogP contribution is 2.22. The van der Waals surface area contributed by atoms with E-state index in [-0.39, 0.29) is 70.7 Å². The van der Waals surface area contributed by atoms with Gasteiger partial charge in [0.05, 0.1) is 6.54 Å². The molecule has 310 valence electrons. The first kappa shape index (κ1) is 45.6. The molecule has 0 radical (unpaired) electrons. The Kier molecular flexibility index (Phi) is 18.0. The number of alkyl halides is 3. The standard InChI is InChI=1S/C39H57F3N8O6/c1-27(2)23-31(33(51)46-30(15-9-10-18-43)35(53)49-20-16-38(44,17-21-49)36(54)55)47-34(52)32(24-28-11-5-3-6-12-28)48-37(56)50(22-19-45-26-39(40,41)42)25-29-13-7-4-8-14-29/h3-8,11-14,27,30-32,45H,9-10,15-26,43-44H2,1-2H3,(H,46,51)(H,47,52)(H,48,56)(H,54,55)/t30-,31-,32-/m1/s1. The molecule has 0 spiro atoms. The fourth-order valence-corrected chi connectivity index (χ4v) is 6.36. The molecular weight excluding hydrogens is 733 g/mol. The SMILES string of the molecule is CC(C)C[C@@H](NC(=O)[C@@H](Cc1ccccc1)NC(=O)N(CCNCC(F)(F)F)Cc1ccccc1)C(=O)N[C@H](CCCCN)C(=O)N1CCC(N)(C(=O)O)CC1. The van der Waals surface area contributed by atoms with E-state index < -0.39 is 66.1 Å². The smallest absolute Gasteiger partial charge is 0.401 e. The van der Waals surface area contributed by atoms with E-state index in [0.717, 1.165) is 5.56 Å². The predicted octanol–water partition coefficient (Wildman–Crippen LogP) is 2.51. The Hall–Kier alpha value is -4.74. The van der Waals surface area contributed by atoms with Crippen LogP contribution >= 0.6 is 0 Å². The van der Waals surface area contributed by atoms with Gasteiger partial charge in [0, 0.05) is 39.1 Å².